The Balaban J connectivity index is 2.30. The molecule has 0 aliphatic rings. The van der Waals surface area contributed by atoms with Gasteiger partial charge in [-0.15, -0.1) is 11.6 Å². The Morgan fingerprint density at radius 2 is 2.05 bits per heavy atom. The first kappa shape index (κ1) is 14.2. The number of fused-ring (bicyclic) bond motifs is 1. The zero-order valence-corrected chi connectivity index (χ0v) is 12.6. The molecule has 3 aromatic rings. The molecule has 2 aromatic carbocycles. The van der Waals surface area contributed by atoms with Crippen LogP contribution in [0.25, 0.3) is 16.7 Å². The summed E-state index contributed by atoms with van der Waals surface area (Å²) in [6.07, 6.45) is 0. The molecule has 0 atom stereocenters. The number of hydrogen-bond acceptors (Lipinski definition) is 2. The molecule has 0 spiro atoms. The number of alkyl halides is 1. The third kappa shape index (κ3) is 2.45. The number of ether oxygens (including phenoxy) is 1. The lowest BCUT2D eigenvalue weighted by atomic mass is 10.2. The van der Waals surface area contributed by atoms with E-state index in [9.17, 15) is 4.39 Å². The summed E-state index contributed by atoms with van der Waals surface area (Å²) in [5, 5.41) is 0.596. The van der Waals surface area contributed by atoms with E-state index < -0.39 is 5.82 Å². The Morgan fingerprint density at radius 3 is 2.76 bits per heavy atom. The van der Waals surface area contributed by atoms with Crippen molar-refractivity contribution in [2.24, 2.45) is 0 Å². The maximum Gasteiger partial charge on any atom is 0.165 e. The van der Waals surface area contributed by atoms with Gasteiger partial charge in [-0.2, -0.15) is 0 Å². The van der Waals surface area contributed by atoms with Crippen molar-refractivity contribution in [3.63, 3.8) is 0 Å². The van der Waals surface area contributed by atoms with Gasteiger partial charge >= 0.3 is 0 Å². The van der Waals surface area contributed by atoms with Gasteiger partial charge in [0.1, 0.15) is 5.82 Å². The van der Waals surface area contributed by atoms with E-state index in [1.54, 1.807) is 24.3 Å². The van der Waals surface area contributed by atoms with Gasteiger partial charge in [-0.3, -0.25) is 4.57 Å². The number of rotatable bonds is 3. The second-order valence-corrected chi connectivity index (χ2v) is 5.15. The van der Waals surface area contributed by atoms with Crippen LogP contribution in [0.2, 0.25) is 5.02 Å². The average Bonchev–Trinajstić information content (AvgIpc) is 2.85. The van der Waals surface area contributed by atoms with E-state index in [-0.39, 0.29) is 11.6 Å². The van der Waals surface area contributed by atoms with Crippen molar-refractivity contribution in [3.8, 4) is 11.4 Å². The summed E-state index contributed by atoms with van der Waals surface area (Å²) in [4.78, 5) is 4.46. The normalized spacial score (nSPS) is 11.0. The average molecular weight is 325 g/mol. The highest BCUT2D eigenvalue weighted by molar-refractivity contribution is 6.31. The second kappa shape index (κ2) is 5.54. The van der Waals surface area contributed by atoms with Crippen LogP contribution in [0.5, 0.6) is 5.75 Å². The molecule has 0 saturated carbocycles. The van der Waals surface area contributed by atoms with Crippen LogP contribution >= 0.6 is 23.2 Å². The molecule has 21 heavy (non-hydrogen) atoms. The molecule has 0 radical (unpaired) electrons. The fourth-order valence-corrected chi connectivity index (χ4v) is 2.61. The van der Waals surface area contributed by atoms with E-state index in [1.165, 1.54) is 13.2 Å². The second-order valence-electron chi connectivity index (χ2n) is 4.45. The molecule has 0 bridgehead atoms. The van der Waals surface area contributed by atoms with Crippen LogP contribution in [0.15, 0.2) is 36.4 Å². The first-order valence-electron chi connectivity index (χ1n) is 6.21. The molecular weight excluding hydrogens is 314 g/mol. The van der Waals surface area contributed by atoms with Crippen LogP contribution in [0, 0.1) is 5.82 Å². The lowest BCUT2D eigenvalue weighted by molar-refractivity contribution is 0.386. The molecule has 0 unspecified atom stereocenters. The number of methoxy groups -OCH3 is 1. The summed E-state index contributed by atoms with van der Waals surface area (Å²) in [7, 11) is 1.42. The van der Waals surface area contributed by atoms with E-state index in [0.29, 0.717) is 16.5 Å². The maximum absolute atomic E-state index is 13.6. The molecular formula is C15H11Cl2FN2O. The van der Waals surface area contributed by atoms with E-state index in [4.69, 9.17) is 27.9 Å². The number of halogens is 3. The van der Waals surface area contributed by atoms with Crippen molar-refractivity contribution < 1.29 is 9.13 Å². The molecule has 0 saturated heterocycles. The summed E-state index contributed by atoms with van der Waals surface area (Å²) in [6, 6.07) is 10.00. The Morgan fingerprint density at radius 1 is 1.24 bits per heavy atom. The van der Waals surface area contributed by atoms with Crippen LogP contribution in [-0.2, 0) is 5.88 Å². The first-order valence-corrected chi connectivity index (χ1v) is 7.12. The van der Waals surface area contributed by atoms with Crippen LogP contribution in [0.1, 0.15) is 5.82 Å². The third-order valence-corrected chi connectivity index (χ3v) is 3.67. The molecule has 0 aliphatic heterocycles. The largest absolute Gasteiger partial charge is 0.494 e. The van der Waals surface area contributed by atoms with Gasteiger partial charge in [0.05, 0.1) is 29.7 Å². The molecule has 6 heteroatoms. The van der Waals surface area contributed by atoms with Crippen molar-refractivity contribution >= 4 is 34.2 Å². The highest BCUT2D eigenvalue weighted by Gasteiger charge is 2.14. The van der Waals surface area contributed by atoms with Crippen molar-refractivity contribution in [3.05, 3.63) is 53.1 Å². The standard InChI is InChI=1S/C15H11Cl2FN2O/c1-21-14-7-10(3-4-11(14)18)20-13-6-9(17)2-5-12(13)19-15(20)8-16/h2-7H,8H2,1H3. The molecule has 0 N–H and O–H groups in total. The first-order chi connectivity index (χ1) is 10.1. The summed E-state index contributed by atoms with van der Waals surface area (Å²) in [6.45, 7) is 0. The lowest BCUT2D eigenvalue weighted by Gasteiger charge is -2.10. The predicted molar refractivity (Wildman–Crippen MR) is 82.1 cm³/mol. The Labute approximate surface area is 130 Å². The van der Waals surface area contributed by atoms with E-state index in [2.05, 4.69) is 4.98 Å². The lowest BCUT2D eigenvalue weighted by Crippen LogP contribution is -2.00. The quantitative estimate of drug-likeness (QED) is 0.660. The zero-order valence-electron chi connectivity index (χ0n) is 11.1. The van der Waals surface area contributed by atoms with Crippen LogP contribution < -0.4 is 4.74 Å². The highest BCUT2D eigenvalue weighted by Crippen LogP contribution is 2.28. The molecule has 108 valence electrons. The number of imidazole rings is 1. The van der Waals surface area contributed by atoms with E-state index in [1.807, 2.05) is 10.6 Å². The number of benzene rings is 2. The van der Waals surface area contributed by atoms with Gasteiger partial charge in [0, 0.05) is 11.1 Å². The summed E-state index contributed by atoms with van der Waals surface area (Å²) in [5.41, 5.74) is 2.30. The summed E-state index contributed by atoms with van der Waals surface area (Å²) >= 11 is 12.0. The van der Waals surface area contributed by atoms with Crippen molar-refractivity contribution in [2.45, 2.75) is 5.88 Å². The topological polar surface area (TPSA) is 27.1 Å². The van der Waals surface area contributed by atoms with Gasteiger partial charge in [0.15, 0.2) is 11.6 Å². The van der Waals surface area contributed by atoms with Gasteiger partial charge < -0.3 is 4.74 Å². The number of nitrogens with zero attached hydrogens (tertiary/aromatic N) is 2. The van der Waals surface area contributed by atoms with E-state index in [0.717, 1.165) is 11.0 Å². The molecule has 1 aromatic heterocycles. The van der Waals surface area contributed by atoms with Gasteiger partial charge in [0.25, 0.3) is 0 Å². The third-order valence-electron chi connectivity index (χ3n) is 3.20. The molecule has 0 fully saturated rings. The number of aromatic nitrogens is 2. The molecule has 0 aliphatic carbocycles. The number of hydrogen-bond donors (Lipinski definition) is 0. The van der Waals surface area contributed by atoms with Crippen LogP contribution in [0.3, 0.4) is 0 Å². The predicted octanol–water partition coefficient (Wildman–Crippen LogP) is 4.57. The van der Waals surface area contributed by atoms with E-state index >= 15 is 0 Å². The van der Waals surface area contributed by atoms with Gasteiger partial charge in [-0.1, -0.05) is 11.6 Å². The fourth-order valence-electron chi connectivity index (χ4n) is 2.26. The maximum atomic E-state index is 13.6. The highest BCUT2D eigenvalue weighted by atomic mass is 35.5. The van der Waals surface area contributed by atoms with Crippen molar-refractivity contribution in [2.75, 3.05) is 7.11 Å². The monoisotopic (exact) mass is 324 g/mol. The minimum Gasteiger partial charge on any atom is -0.494 e. The SMILES string of the molecule is COc1cc(-n2c(CCl)nc3ccc(Cl)cc32)ccc1F. The van der Waals surface area contributed by atoms with Crippen LogP contribution in [0.4, 0.5) is 4.39 Å². The molecule has 0 amide bonds. The zero-order chi connectivity index (χ0) is 15.0. The molecule has 3 rings (SSSR count). The van der Waals surface area contributed by atoms with Gasteiger partial charge in [-0.25, -0.2) is 9.37 Å². The smallest absolute Gasteiger partial charge is 0.165 e. The fraction of sp³-hybridized carbons (Fsp3) is 0.133. The van der Waals surface area contributed by atoms with Gasteiger partial charge in [-0.05, 0) is 30.3 Å². The van der Waals surface area contributed by atoms with Gasteiger partial charge in [0.2, 0.25) is 0 Å². The summed E-state index contributed by atoms with van der Waals surface area (Å²) in [5.74, 6) is 0.627. The minimum atomic E-state index is -0.420. The Kier molecular flexibility index (Phi) is 3.74. The summed E-state index contributed by atoms with van der Waals surface area (Å²) < 4.78 is 20.4. The molecule has 1 heterocycles. The molecule has 3 nitrogen and oxygen atoms in total. The van der Waals surface area contributed by atoms with Crippen LogP contribution in [-0.4, -0.2) is 16.7 Å². The van der Waals surface area contributed by atoms with Crippen molar-refractivity contribution in [1.82, 2.24) is 9.55 Å². The Hall–Kier alpha value is -1.78. The van der Waals surface area contributed by atoms with Crippen molar-refractivity contribution in [1.29, 1.82) is 0 Å². The Bertz CT molecular complexity index is 817. The minimum absolute atomic E-state index is 0.164.